The van der Waals surface area contributed by atoms with E-state index in [0.29, 0.717) is 12.0 Å². The lowest BCUT2D eigenvalue weighted by molar-refractivity contribution is 0.155. The zero-order valence-electron chi connectivity index (χ0n) is 15.4. The Morgan fingerprint density at radius 1 is 1.15 bits per heavy atom. The van der Waals surface area contributed by atoms with Gasteiger partial charge in [-0.05, 0) is 74.9 Å². The summed E-state index contributed by atoms with van der Waals surface area (Å²) in [7, 11) is 0. The highest BCUT2D eigenvalue weighted by Crippen LogP contribution is 2.29. The molecule has 3 aromatic rings. The van der Waals surface area contributed by atoms with Gasteiger partial charge in [0.05, 0.1) is 0 Å². The molecule has 0 bridgehead atoms. The highest BCUT2D eigenvalue weighted by Gasteiger charge is 2.24. The van der Waals surface area contributed by atoms with Gasteiger partial charge in [-0.15, -0.1) is 0 Å². The summed E-state index contributed by atoms with van der Waals surface area (Å²) in [5, 5.41) is 1.35. The van der Waals surface area contributed by atoms with Crippen molar-refractivity contribution in [3.8, 4) is 0 Å². The van der Waals surface area contributed by atoms with Crippen LogP contribution in [0.4, 0.5) is 0 Å². The van der Waals surface area contributed by atoms with E-state index in [1.807, 2.05) is 0 Å². The molecule has 1 unspecified atom stereocenters. The van der Waals surface area contributed by atoms with Crippen molar-refractivity contribution in [2.24, 2.45) is 0 Å². The predicted octanol–water partition coefficient (Wildman–Crippen LogP) is 4.06. The number of rotatable bonds is 5. The average Bonchev–Trinajstić information content (AvgIpc) is 3.09. The number of para-hydroxylation sites is 1. The zero-order valence-corrected chi connectivity index (χ0v) is 15.4. The van der Waals surface area contributed by atoms with Gasteiger partial charge in [0.2, 0.25) is 5.56 Å². The Hall–Kier alpha value is -2.33. The van der Waals surface area contributed by atoms with Crippen LogP contribution in [0.3, 0.4) is 0 Å². The van der Waals surface area contributed by atoms with Gasteiger partial charge >= 0.3 is 0 Å². The summed E-state index contributed by atoms with van der Waals surface area (Å²) in [5.74, 6) is 0.523. The monoisotopic (exact) mass is 349 g/mol. The summed E-state index contributed by atoms with van der Waals surface area (Å²) in [5.41, 5.74) is 3.86. The van der Waals surface area contributed by atoms with Crippen molar-refractivity contribution in [3.63, 3.8) is 0 Å². The molecule has 26 heavy (non-hydrogen) atoms. The van der Waals surface area contributed by atoms with Crippen LogP contribution in [-0.2, 0) is 6.42 Å². The normalized spacial score (nSPS) is 17.6. The highest BCUT2D eigenvalue weighted by molar-refractivity contribution is 5.82. The van der Waals surface area contributed by atoms with Crippen LogP contribution in [0.15, 0.2) is 53.6 Å². The van der Waals surface area contributed by atoms with E-state index >= 15 is 0 Å². The lowest BCUT2D eigenvalue weighted by Gasteiger charge is -2.36. The Morgan fingerprint density at radius 3 is 2.77 bits per heavy atom. The quantitative estimate of drug-likeness (QED) is 0.730. The topological polar surface area (TPSA) is 51.9 Å². The summed E-state index contributed by atoms with van der Waals surface area (Å²) < 4.78 is 0. The molecule has 0 saturated carbocycles. The minimum atomic E-state index is 0.0111. The van der Waals surface area contributed by atoms with Crippen molar-refractivity contribution in [2.75, 3.05) is 13.1 Å². The predicted molar refractivity (Wildman–Crippen MR) is 107 cm³/mol. The fourth-order valence-electron chi connectivity index (χ4n) is 4.27. The molecular formula is C22H27N3O. The Balaban J connectivity index is 1.32. The molecular weight excluding hydrogens is 322 g/mol. The van der Waals surface area contributed by atoms with Gasteiger partial charge in [-0.1, -0.05) is 18.2 Å². The Labute approximate surface area is 154 Å². The Bertz CT molecular complexity index is 918. The van der Waals surface area contributed by atoms with Gasteiger partial charge in [0, 0.05) is 35.4 Å². The molecule has 2 aromatic heterocycles. The molecule has 136 valence electrons. The molecule has 4 heteroatoms. The van der Waals surface area contributed by atoms with Crippen LogP contribution >= 0.6 is 0 Å². The van der Waals surface area contributed by atoms with Gasteiger partial charge in [-0.2, -0.15) is 0 Å². The first kappa shape index (κ1) is 17.1. The first-order valence-electron chi connectivity index (χ1n) is 9.68. The first-order chi connectivity index (χ1) is 12.7. The van der Waals surface area contributed by atoms with Crippen LogP contribution in [0.1, 0.15) is 43.2 Å². The van der Waals surface area contributed by atoms with Gasteiger partial charge in [0.25, 0.3) is 0 Å². The number of piperidine rings is 1. The number of aryl methyl sites for hydroxylation is 1. The van der Waals surface area contributed by atoms with E-state index in [0.717, 1.165) is 32.4 Å². The van der Waals surface area contributed by atoms with Crippen molar-refractivity contribution in [2.45, 2.75) is 44.6 Å². The largest absolute Gasteiger partial charge is 0.361 e. The van der Waals surface area contributed by atoms with Crippen LogP contribution in [0, 0.1) is 0 Å². The van der Waals surface area contributed by atoms with Crippen molar-refractivity contribution in [1.82, 2.24) is 14.9 Å². The second-order valence-corrected chi connectivity index (χ2v) is 7.54. The minimum absolute atomic E-state index is 0.0111. The number of nitrogens with one attached hydrogen (secondary N) is 2. The molecule has 1 aliphatic rings. The maximum atomic E-state index is 11.5. The molecule has 0 spiro atoms. The number of aromatic amines is 2. The highest BCUT2D eigenvalue weighted by atomic mass is 16.1. The van der Waals surface area contributed by atoms with Crippen molar-refractivity contribution in [1.29, 1.82) is 0 Å². The van der Waals surface area contributed by atoms with Crippen LogP contribution < -0.4 is 5.56 Å². The molecule has 0 radical (unpaired) electrons. The SMILES string of the molecule is CC(CCc1c[nH]c2ccccc12)N1CCC(c2cc[nH]c(=O)c2)CC1. The molecule has 1 fully saturated rings. The molecule has 4 rings (SSSR count). The molecule has 3 heterocycles. The van der Waals surface area contributed by atoms with E-state index in [1.165, 1.54) is 28.5 Å². The van der Waals surface area contributed by atoms with E-state index in [4.69, 9.17) is 0 Å². The molecule has 4 nitrogen and oxygen atoms in total. The number of likely N-dealkylation sites (tertiary alicyclic amines) is 1. The van der Waals surface area contributed by atoms with E-state index in [2.05, 4.69) is 58.3 Å². The summed E-state index contributed by atoms with van der Waals surface area (Å²) in [6.45, 7) is 4.58. The van der Waals surface area contributed by atoms with Gasteiger partial charge in [0.15, 0.2) is 0 Å². The summed E-state index contributed by atoms with van der Waals surface area (Å²) in [4.78, 5) is 20.2. The van der Waals surface area contributed by atoms with Gasteiger partial charge in [0.1, 0.15) is 0 Å². The number of fused-ring (bicyclic) bond motifs is 1. The minimum Gasteiger partial charge on any atom is -0.361 e. The maximum absolute atomic E-state index is 11.5. The van der Waals surface area contributed by atoms with E-state index in [9.17, 15) is 4.79 Å². The number of hydrogen-bond donors (Lipinski definition) is 2. The van der Waals surface area contributed by atoms with Gasteiger partial charge in [-0.3, -0.25) is 4.79 Å². The van der Waals surface area contributed by atoms with Crippen molar-refractivity contribution < 1.29 is 0 Å². The molecule has 0 aliphatic carbocycles. The molecule has 1 saturated heterocycles. The van der Waals surface area contributed by atoms with Crippen LogP contribution in [0.2, 0.25) is 0 Å². The lowest BCUT2D eigenvalue weighted by atomic mass is 9.89. The molecule has 0 amide bonds. The second kappa shape index (κ2) is 7.50. The lowest BCUT2D eigenvalue weighted by Crippen LogP contribution is -2.39. The molecule has 1 atom stereocenters. The summed E-state index contributed by atoms with van der Waals surface area (Å²) >= 11 is 0. The number of hydrogen-bond acceptors (Lipinski definition) is 2. The molecule has 1 aromatic carbocycles. The Morgan fingerprint density at radius 2 is 1.96 bits per heavy atom. The fourth-order valence-corrected chi connectivity index (χ4v) is 4.27. The number of pyridine rings is 1. The van der Waals surface area contributed by atoms with Crippen molar-refractivity contribution >= 4 is 10.9 Å². The standard InChI is InChI=1S/C22H27N3O/c1-16(6-7-19-15-24-21-5-3-2-4-20(19)21)25-12-9-17(10-13-25)18-8-11-23-22(26)14-18/h2-5,8,11,14-17,24H,6-7,9-10,12-13H2,1H3,(H,23,26). The van der Waals surface area contributed by atoms with E-state index < -0.39 is 0 Å². The average molecular weight is 349 g/mol. The Kier molecular flexibility index (Phi) is 4.93. The fraction of sp³-hybridized carbons (Fsp3) is 0.409. The number of benzene rings is 1. The molecule has 1 aliphatic heterocycles. The maximum Gasteiger partial charge on any atom is 0.248 e. The third kappa shape index (κ3) is 3.61. The van der Waals surface area contributed by atoms with Crippen molar-refractivity contribution in [3.05, 3.63) is 70.3 Å². The second-order valence-electron chi connectivity index (χ2n) is 7.54. The smallest absolute Gasteiger partial charge is 0.248 e. The third-order valence-electron chi connectivity index (χ3n) is 5.93. The van der Waals surface area contributed by atoms with Crippen LogP contribution in [0.25, 0.3) is 10.9 Å². The number of nitrogens with zero attached hydrogens (tertiary/aromatic N) is 1. The summed E-state index contributed by atoms with van der Waals surface area (Å²) in [6, 6.07) is 12.9. The third-order valence-corrected chi connectivity index (χ3v) is 5.93. The first-order valence-corrected chi connectivity index (χ1v) is 9.68. The molecule has 2 N–H and O–H groups in total. The van der Waals surface area contributed by atoms with E-state index in [-0.39, 0.29) is 5.56 Å². The number of aromatic nitrogens is 2. The summed E-state index contributed by atoms with van der Waals surface area (Å²) in [6.07, 6.45) is 8.50. The van der Waals surface area contributed by atoms with E-state index in [1.54, 1.807) is 12.3 Å². The zero-order chi connectivity index (χ0) is 17.9. The van der Waals surface area contributed by atoms with Gasteiger partial charge < -0.3 is 14.9 Å². The number of H-pyrrole nitrogens is 2. The van der Waals surface area contributed by atoms with Crippen LogP contribution in [-0.4, -0.2) is 34.0 Å². The van der Waals surface area contributed by atoms with Gasteiger partial charge in [-0.25, -0.2) is 0 Å². The van der Waals surface area contributed by atoms with Crippen LogP contribution in [0.5, 0.6) is 0 Å².